The fraction of sp³-hybridized carbons (Fsp3) is 0.440. The Morgan fingerprint density at radius 2 is 0.894 bits per heavy atom. The molecule has 12 heterocycles. The molecule has 0 saturated carbocycles. The molecular formula is C109H127Br2ClN14O6. The van der Waals surface area contributed by atoms with E-state index in [-0.39, 0.29) is 29.8 Å². The third-order valence-electron chi connectivity index (χ3n) is 30.4. The van der Waals surface area contributed by atoms with Crippen molar-refractivity contribution in [2.24, 2.45) is 0 Å². The van der Waals surface area contributed by atoms with E-state index in [1.54, 1.807) is 54.9 Å². The molecule has 0 radical (unpaired) electrons. The summed E-state index contributed by atoms with van der Waals surface area (Å²) in [5, 5.41) is 19.9. The van der Waals surface area contributed by atoms with Crippen LogP contribution in [0.15, 0.2) is 165 Å². The fourth-order valence-electron chi connectivity index (χ4n) is 24.2. The minimum atomic E-state index is -0.0696. The summed E-state index contributed by atoms with van der Waals surface area (Å²) >= 11 is 13.4. The maximum Gasteiger partial charge on any atom is 0.289 e. The number of amides is 3. The van der Waals surface area contributed by atoms with Crippen LogP contribution in [-0.2, 0) is 79.0 Å². The van der Waals surface area contributed by atoms with E-state index in [0.717, 1.165) is 120 Å². The minimum Gasteiger partial charge on any atom is -0.459 e. The fourth-order valence-corrected chi connectivity index (χ4v) is 25.1. The molecule has 6 unspecified atom stereocenters. The topological polar surface area (TPSA) is 186 Å². The van der Waals surface area contributed by atoms with E-state index >= 15 is 0 Å². The van der Waals surface area contributed by atoms with Gasteiger partial charge < -0.3 is 72.8 Å². The molecule has 25 rings (SSSR count). The van der Waals surface area contributed by atoms with Gasteiger partial charge in [-0.3, -0.25) is 24.2 Å². The standard InChI is InChI=1S/C26H30N4O3.C22H21ClN2O.C16H20N2.2C15H19BrN2O.C15H18N2/c1-18-7-8-21-20(16-18)19-4-2-5-22-25(19)30(21)14-13-29(22)24(31)17-27-9-11-28(12-10-27)26(32)23-6-3-15-33-23;1-14-9-10-19-17(13-14)15-6-4-8-20-21(15)24(19)11-12-25(20)22(26)16-5-2-3-7-18(16)23;1-11-6-7-14-13(10-11)12-4-3-5-15-16(12)18(14)9-8-17(15)2;2*1-19-8-7-17-14-4-2-3-11-12-9-10(16)5-6-13(12)18-15(11)14;1-10-5-6-14-12(9-10)11-3-2-4-13-15(11)17(14)8-7-16-13/h3,6-8,15-16,22H,2,4-5,9-14,17H2,1H3;2-3,5,7,9-10,13,20H,4,6,8,11-12H2,1H3;6-7,10,15H,3-5,8-9H2,1-2H3;2*5-6,9,14,17-18H,2-4,7-8H2,1H3;5-6,9,13,16H,2-4,7-8H2,1H3. The van der Waals surface area contributed by atoms with Crippen molar-refractivity contribution < 1.29 is 28.3 Å². The van der Waals surface area contributed by atoms with Crippen LogP contribution in [0.25, 0.3) is 65.4 Å². The largest absolute Gasteiger partial charge is 0.459 e. The van der Waals surface area contributed by atoms with Gasteiger partial charge in [-0.25, -0.2) is 0 Å². The molecule has 7 aromatic carbocycles. The summed E-state index contributed by atoms with van der Waals surface area (Å²) in [5.74, 6) is 0.582. The van der Waals surface area contributed by atoms with Crippen LogP contribution in [0, 0.1) is 27.7 Å². The second kappa shape index (κ2) is 39.4. The summed E-state index contributed by atoms with van der Waals surface area (Å²) < 4.78 is 27.8. The Morgan fingerprint density at radius 3 is 1.39 bits per heavy atom. The molecule has 7 aromatic heterocycles. The van der Waals surface area contributed by atoms with Crippen LogP contribution in [0.3, 0.4) is 0 Å². The number of carbonyl (C=O) groups excluding carboxylic acids is 3. The Labute approximate surface area is 797 Å². The predicted octanol–water partition coefficient (Wildman–Crippen LogP) is 21.6. The van der Waals surface area contributed by atoms with E-state index in [1.165, 1.54) is 223 Å². The van der Waals surface area contributed by atoms with E-state index in [1.807, 2.05) is 28.0 Å². The molecule has 14 aromatic rings. The molecule has 6 atom stereocenters. The number of methoxy groups -OCH3 is 2. The van der Waals surface area contributed by atoms with Gasteiger partial charge in [0.1, 0.15) is 0 Å². The molecule has 3 amide bonds. The summed E-state index contributed by atoms with van der Waals surface area (Å²) in [7, 11) is 5.77. The van der Waals surface area contributed by atoms with Crippen molar-refractivity contribution in [2.45, 2.75) is 206 Å². The second-order valence-electron chi connectivity index (χ2n) is 38.6. The number of piperazine rings is 1. The molecule has 20 nitrogen and oxygen atoms in total. The van der Waals surface area contributed by atoms with Crippen LogP contribution in [0.5, 0.6) is 0 Å². The van der Waals surface area contributed by atoms with E-state index in [9.17, 15) is 14.4 Å². The van der Waals surface area contributed by atoms with Gasteiger partial charge in [-0.1, -0.05) is 102 Å². The number of likely N-dealkylation sites (N-methyl/N-ethyl adjacent to an activating group) is 1. The first-order valence-electron chi connectivity index (χ1n) is 48.8. The molecule has 0 bridgehead atoms. The van der Waals surface area contributed by atoms with E-state index in [0.29, 0.717) is 73.2 Å². The molecule has 11 aliphatic rings. The first kappa shape index (κ1) is 90.3. The van der Waals surface area contributed by atoms with Gasteiger partial charge in [0.25, 0.3) is 11.8 Å². The molecule has 1 saturated heterocycles. The molecule has 5 N–H and O–H groups in total. The van der Waals surface area contributed by atoms with Crippen molar-refractivity contribution in [3.8, 4) is 0 Å². The highest BCUT2D eigenvalue weighted by molar-refractivity contribution is 9.10. The van der Waals surface area contributed by atoms with Gasteiger partial charge in [0.05, 0.1) is 54.7 Å². The predicted molar refractivity (Wildman–Crippen MR) is 538 cm³/mol. The number of nitrogens with zero attached hydrogens (tertiary/aromatic N) is 9. The zero-order chi connectivity index (χ0) is 90.5. The van der Waals surface area contributed by atoms with Gasteiger partial charge >= 0.3 is 0 Å². The monoisotopic (exact) mass is 1920 g/mol. The highest BCUT2D eigenvalue weighted by Crippen LogP contribution is 2.48. The van der Waals surface area contributed by atoms with Gasteiger partial charge in [0.2, 0.25) is 5.91 Å². The van der Waals surface area contributed by atoms with Crippen molar-refractivity contribution >= 4 is 127 Å². The van der Waals surface area contributed by atoms with Crippen LogP contribution in [0.2, 0.25) is 5.02 Å². The smallest absolute Gasteiger partial charge is 0.289 e. The zero-order valence-corrected chi connectivity index (χ0v) is 81.7. The normalized spacial score (nSPS) is 20.4. The number of rotatable bonds is 12. The average molecular weight is 1920 g/mol. The number of ether oxygens (including phenoxy) is 2. The summed E-state index contributed by atoms with van der Waals surface area (Å²) in [5.41, 5.74) is 31.8. The van der Waals surface area contributed by atoms with Crippen molar-refractivity contribution in [1.82, 2.24) is 68.7 Å². The van der Waals surface area contributed by atoms with Crippen molar-refractivity contribution in [3.63, 3.8) is 0 Å². The summed E-state index contributed by atoms with van der Waals surface area (Å²) in [6.07, 6.45) is 23.1. The summed E-state index contributed by atoms with van der Waals surface area (Å²) in [6, 6.07) is 53.6. The third kappa shape index (κ3) is 17.7. The number of H-pyrrole nitrogens is 2. The summed E-state index contributed by atoms with van der Waals surface area (Å²) in [4.78, 5) is 57.1. The number of aryl methyl sites for hydroxylation is 10. The Bertz CT molecular complexity index is 6510. The number of hydrogen-bond acceptors (Lipinski definition) is 11. The van der Waals surface area contributed by atoms with Crippen molar-refractivity contribution in [3.05, 3.63) is 267 Å². The van der Waals surface area contributed by atoms with Crippen LogP contribution in [0.4, 0.5) is 0 Å². The molecule has 0 spiro atoms. The van der Waals surface area contributed by atoms with E-state index in [2.05, 4.69) is 235 Å². The quantitative estimate of drug-likeness (QED) is 0.0733. The number of carbonyl (C=O) groups is 3. The van der Waals surface area contributed by atoms with E-state index in [4.69, 9.17) is 25.5 Å². The molecule has 5 aliphatic heterocycles. The lowest BCUT2D eigenvalue weighted by Crippen LogP contribution is -2.53. The molecule has 132 heavy (non-hydrogen) atoms. The molecule has 6 aliphatic carbocycles. The lowest BCUT2D eigenvalue weighted by molar-refractivity contribution is -0.136. The Kier molecular flexibility index (Phi) is 26.9. The number of aromatic nitrogens is 6. The van der Waals surface area contributed by atoms with Crippen LogP contribution < -0.4 is 16.0 Å². The third-order valence-corrected chi connectivity index (χ3v) is 31.7. The number of furan rings is 1. The van der Waals surface area contributed by atoms with Crippen molar-refractivity contribution in [2.75, 3.05) is 106 Å². The lowest BCUT2D eigenvalue weighted by Gasteiger charge is -2.41. The van der Waals surface area contributed by atoms with Gasteiger partial charge in [-0.2, -0.15) is 0 Å². The highest BCUT2D eigenvalue weighted by atomic mass is 79.9. The minimum absolute atomic E-state index is 0.0566. The number of aromatic amines is 2. The molecule has 1 fully saturated rings. The van der Waals surface area contributed by atoms with Gasteiger partial charge in [-0.05, 0) is 293 Å². The Balaban J connectivity index is 0.000000100. The van der Waals surface area contributed by atoms with Gasteiger partial charge in [-0.15, -0.1) is 0 Å². The summed E-state index contributed by atoms with van der Waals surface area (Å²) in [6.45, 7) is 22.9. The maximum atomic E-state index is 13.4. The van der Waals surface area contributed by atoms with E-state index < -0.39 is 0 Å². The number of hydrogen-bond donors (Lipinski definition) is 5. The van der Waals surface area contributed by atoms with Crippen LogP contribution in [-0.4, -0.2) is 177 Å². The van der Waals surface area contributed by atoms with Crippen LogP contribution in [0.1, 0.15) is 224 Å². The first-order valence-corrected chi connectivity index (χ1v) is 50.7. The number of fused-ring (bicyclic) bond motifs is 18. The molecular weight excluding hydrogens is 1800 g/mol. The molecule has 690 valence electrons. The second-order valence-corrected chi connectivity index (χ2v) is 40.8. The number of halogens is 3. The zero-order valence-electron chi connectivity index (χ0n) is 77.8. The first-order chi connectivity index (χ1) is 64.4. The maximum absolute atomic E-state index is 13.4. The highest BCUT2D eigenvalue weighted by Gasteiger charge is 2.42. The Hall–Kier alpha value is -9.56. The SMILES string of the molecule is COCCNC1CCCc2c1[nH]c1ccc(Br)cc21.COCCNC1CCCc2c1[nH]c1ccc(Br)cc21.Cc1ccc2c(c1)c1c3n2CCN(C(=O)CN2CCN(C(=O)c4ccco4)CC2)C3CCC1.Cc1ccc2c(c1)c1c3n2CCN(C(=O)c2ccccc2Cl)C3CCC1.Cc1ccc2c(c1)c1c3n2CCN(C)C3CCC1.Cc1ccc2c(c1)c1c3n2CCNC3CCC1. The lowest BCUT2D eigenvalue weighted by atomic mass is 9.89. The Morgan fingerprint density at radius 1 is 0.447 bits per heavy atom. The van der Waals surface area contributed by atoms with Crippen molar-refractivity contribution in [1.29, 1.82) is 0 Å². The average Bonchev–Trinajstić information content (AvgIpc) is 1.59. The number of nitrogens with one attached hydrogen (secondary N) is 5. The van der Waals surface area contributed by atoms with Gasteiger partial charge in [0, 0.05) is 232 Å². The number of benzene rings is 7. The van der Waals surface area contributed by atoms with Crippen LogP contribution >= 0.6 is 43.5 Å². The van der Waals surface area contributed by atoms with Gasteiger partial charge in [0.15, 0.2) is 5.76 Å². The molecule has 23 heteroatoms.